The van der Waals surface area contributed by atoms with Gasteiger partial charge in [-0.15, -0.1) is 0 Å². The highest BCUT2D eigenvalue weighted by atomic mass is 32.2. The van der Waals surface area contributed by atoms with Crippen molar-refractivity contribution in [2.45, 2.75) is 30.6 Å². The number of rotatable bonds is 4. The number of allylic oxidation sites excluding steroid dienone is 2. The summed E-state index contributed by atoms with van der Waals surface area (Å²) in [4.78, 5) is 0.0362. The van der Waals surface area contributed by atoms with Gasteiger partial charge in [0.2, 0.25) is 10.0 Å². The van der Waals surface area contributed by atoms with Crippen molar-refractivity contribution < 1.29 is 21.9 Å². The minimum atomic E-state index is -3.77. The fourth-order valence-electron chi connectivity index (χ4n) is 3.88. The van der Waals surface area contributed by atoms with E-state index in [4.69, 9.17) is 9.88 Å². The number of hydrogen-bond donors (Lipinski definition) is 1. The van der Waals surface area contributed by atoms with Crippen LogP contribution in [-0.4, -0.2) is 15.5 Å². The Kier molecular flexibility index (Phi) is 4.12. The van der Waals surface area contributed by atoms with Crippen LogP contribution in [0.5, 0.6) is 5.75 Å². The summed E-state index contributed by atoms with van der Waals surface area (Å²) in [5, 5.41) is 5.16. The van der Waals surface area contributed by atoms with E-state index in [1.807, 2.05) is 0 Å². The van der Waals surface area contributed by atoms with Gasteiger partial charge in [-0.05, 0) is 77.6 Å². The van der Waals surface area contributed by atoms with Gasteiger partial charge in [-0.2, -0.15) is 0 Å². The van der Waals surface area contributed by atoms with Gasteiger partial charge in [0.25, 0.3) is 0 Å². The lowest BCUT2D eigenvalue weighted by atomic mass is 9.97. The highest BCUT2D eigenvalue weighted by Crippen LogP contribution is 2.63. The predicted molar refractivity (Wildman–Crippen MR) is 98.4 cm³/mol. The zero-order chi connectivity index (χ0) is 19.4. The lowest BCUT2D eigenvalue weighted by Gasteiger charge is -2.11. The van der Waals surface area contributed by atoms with E-state index in [9.17, 15) is 17.2 Å². The average Bonchev–Trinajstić information content (AvgIpc) is 3.24. The van der Waals surface area contributed by atoms with Gasteiger partial charge in [0.1, 0.15) is 0 Å². The molecule has 0 heterocycles. The van der Waals surface area contributed by atoms with E-state index >= 15 is 0 Å². The van der Waals surface area contributed by atoms with Crippen LogP contribution in [0.15, 0.2) is 41.3 Å². The van der Waals surface area contributed by atoms with E-state index < -0.39 is 27.4 Å². The van der Waals surface area contributed by atoms with Crippen molar-refractivity contribution in [3.63, 3.8) is 0 Å². The quantitative estimate of drug-likeness (QED) is 0.853. The molecule has 0 saturated heterocycles. The molecule has 2 N–H and O–H groups in total. The lowest BCUT2D eigenvalue weighted by molar-refractivity contribution is 0.359. The minimum absolute atomic E-state index is 0.0362. The molecule has 4 rings (SSSR count). The SMILES string of the molecule is COc1c(F)cc(C2=C(c3ccc(S(N)(=O)=O)cc3)CC3(CC3)C2)cc1F. The van der Waals surface area contributed by atoms with Crippen molar-refractivity contribution >= 4 is 21.2 Å². The van der Waals surface area contributed by atoms with E-state index in [0.717, 1.165) is 42.4 Å². The molecule has 0 atom stereocenters. The number of sulfonamides is 1. The Morgan fingerprint density at radius 2 is 1.48 bits per heavy atom. The normalized spacial score (nSPS) is 18.2. The van der Waals surface area contributed by atoms with Crippen molar-refractivity contribution in [1.82, 2.24) is 0 Å². The minimum Gasteiger partial charge on any atom is -0.491 e. The molecule has 2 aliphatic carbocycles. The topological polar surface area (TPSA) is 69.4 Å². The van der Waals surface area contributed by atoms with E-state index in [1.165, 1.54) is 31.4 Å². The van der Waals surface area contributed by atoms with Gasteiger partial charge < -0.3 is 4.74 Å². The molecule has 4 nitrogen and oxygen atoms in total. The fraction of sp³-hybridized carbons (Fsp3) is 0.300. The fourth-order valence-corrected chi connectivity index (χ4v) is 4.40. The summed E-state index contributed by atoms with van der Waals surface area (Å²) in [6.45, 7) is 0. The third kappa shape index (κ3) is 3.26. The van der Waals surface area contributed by atoms with Crippen LogP contribution in [0.2, 0.25) is 0 Å². The number of benzene rings is 2. The molecule has 0 aliphatic heterocycles. The molecule has 7 heteroatoms. The molecule has 0 unspecified atom stereocenters. The van der Waals surface area contributed by atoms with Gasteiger partial charge in [0.15, 0.2) is 17.4 Å². The molecule has 1 fully saturated rings. The number of primary sulfonamides is 1. The van der Waals surface area contributed by atoms with E-state index in [-0.39, 0.29) is 10.3 Å². The van der Waals surface area contributed by atoms with Gasteiger partial charge in [-0.1, -0.05) is 12.1 Å². The lowest BCUT2D eigenvalue weighted by Crippen LogP contribution is -2.11. The van der Waals surface area contributed by atoms with Crippen LogP contribution in [0.1, 0.15) is 36.8 Å². The highest BCUT2D eigenvalue weighted by molar-refractivity contribution is 7.89. The average molecular weight is 391 g/mol. The summed E-state index contributed by atoms with van der Waals surface area (Å²) >= 11 is 0. The summed E-state index contributed by atoms with van der Waals surface area (Å²) in [6.07, 6.45) is 3.73. The van der Waals surface area contributed by atoms with Crippen molar-refractivity contribution in [3.05, 3.63) is 59.2 Å². The standard InChI is InChI=1S/C20H19F2NO3S/c1-26-19-17(21)8-13(9-18(19)22)16-11-20(6-7-20)10-15(16)12-2-4-14(5-3-12)27(23,24)25/h2-5,8-9H,6-7,10-11H2,1H3,(H2,23,24,25). The van der Waals surface area contributed by atoms with E-state index in [0.29, 0.717) is 5.56 Å². The molecule has 1 saturated carbocycles. The monoisotopic (exact) mass is 391 g/mol. The third-order valence-electron chi connectivity index (χ3n) is 5.51. The number of ether oxygens (including phenoxy) is 1. The largest absolute Gasteiger partial charge is 0.491 e. The second-order valence-corrected chi connectivity index (χ2v) is 8.91. The number of nitrogens with two attached hydrogens (primary N) is 1. The molecule has 0 radical (unpaired) electrons. The summed E-state index contributed by atoms with van der Waals surface area (Å²) in [5.74, 6) is -1.86. The second-order valence-electron chi connectivity index (χ2n) is 7.35. The molecule has 2 aliphatic rings. The molecule has 2 aromatic rings. The number of methoxy groups -OCH3 is 1. The Hall–Kier alpha value is -2.25. The van der Waals surface area contributed by atoms with Crippen LogP contribution in [0.25, 0.3) is 11.1 Å². The summed E-state index contributed by atoms with van der Waals surface area (Å²) in [7, 11) is -2.54. The van der Waals surface area contributed by atoms with Crippen LogP contribution < -0.4 is 9.88 Å². The van der Waals surface area contributed by atoms with Gasteiger partial charge in [0.05, 0.1) is 12.0 Å². The first kappa shape index (κ1) is 18.1. The third-order valence-corrected chi connectivity index (χ3v) is 6.44. The van der Waals surface area contributed by atoms with Crippen molar-refractivity contribution in [3.8, 4) is 5.75 Å². The molecule has 0 aromatic heterocycles. The maximum absolute atomic E-state index is 14.2. The molecular formula is C20H19F2NO3S. The molecule has 2 aromatic carbocycles. The zero-order valence-electron chi connectivity index (χ0n) is 14.8. The Labute approximate surface area is 156 Å². The summed E-state index contributed by atoms with van der Waals surface area (Å²) < 4.78 is 56.1. The second kappa shape index (κ2) is 6.14. The predicted octanol–water partition coefficient (Wildman–Crippen LogP) is 4.11. The molecule has 1 spiro atoms. The van der Waals surface area contributed by atoms with Crippen LogP contribution in [0, 0.1) is 17.0 Å². The maximum atomic E-state index is 14.2. The summed E-state index contributed by atoms with van der Waals surface area (Å²) in [5.41, 5.74) is 3.41. The zero-order valence-corrected chi connectivity index (χ0v) is 15.6. The first-order valence-electron chi connectivity index (χ1n) is 8.61. The van der Waals surface area contributed by atoms with Gasteiger partial charge in [-0.25, -0.2) is 22.3 Å². The molecule has 27 heavy (non-hydrogen) atoms. The molecule has 0 bridgehead atoms. The molecular weight excluding hydrogens is 372 g/mol. The summed E-state index contributed by atoms with van der Waals surface area (Å²) in [6, 6.07) is 8.93. The van der Waals surface area contributed by atoms with Gasteiger partial charge in [-0.3, -0.25) is 0 Å². The Morgan fingerprint density at radius 3 is 1.93 bits per heavy atom. The van der Waals surface area contributed by atoms with Crippen LogP contribution in [-0.2, 0) is 10.0 Å². The number of halogens is 2. The van der Waals surface area contributed by atoms with Crippen LogP contribution in [0.3, 0.4) is 0 Å². The van der Waals surface area contributed by atoms with Crippen molar-refractivity contribution in [2.24, 2.45) is 10.6 Å². The first-order chi connectivity index (χ1) is 12.7. The number of hydrogen-bond acceptors (Lipinski definition) is 3. The van der Waals surface area contributed by atoms with E-state index in [1.54, 1.807) is 12.1 Å². The van der Waals surface area contributed by atoms with Crippen molar-refractivity contribution in [1.29, 1.82) is 0 Å². The Balaban J connectivity index is 1.81. The van der Waals surface area contributed by atoms with E-state index in [2.05, 4.69) is 0 Å². The van der Waals surface area contributed by atoms with Crippen molar-refractivity contribution in [2.75, 3.05) is 7.11 Å². The van der Waals surface area contributed by atoms with Crippen LogP contribution >= 0.6 is 0 Å². The smallest absolute Gasteiger partial charge is 0.238 e. The van der Waals surface area contributed by atoms with Crippen LogP contribution in [0.4, 0.5) is 8.78 Å². The first-order valence-corrected chi connectivity index (χ1v) is 10.2. The van der Waals surface area contributed by atoms with Gasteiger partial charge >= 0.3 is 0 Å². The molecule has 142 valence electrons. The Morgan fingerprint density at radius 1 is 0.963 bits per heavy atom. The Bertz CT molecular complexity index is 1030. The molecule has 0 amide bonds. The van der Waals surface area contributed by atoms with Gasteiger partial charge in [0, 0.05) is 0 Å². The highest BCUT2D eigenvalue weighted by Gasteiger charge is 2.48. The maximum Gasteiger partial charge on any atom is 0.238 e.